The topological polar surface area (TPSA) is 28.7 Å². The Morgan fingerprint density at radius 1 is 1.46 bits per heavy atom. The van der Waals surface area contributed by atoms with Crippen LogP contribution in [0.2, 0.25) is 0 Å². The predicted molar refractivity (Wildman–Crippen MR) is 50.0 cm³/mol. The zero-order valence-corrected chi connectivity index (χ0v) is 7.47. The van der Waals surface area contributed by atoms with Gasteiger partial charge in [-0.15, -0.1) is 0 Å². The SMILES string of the molecule is CCCc1cc2[nH]ncc2cc1F. The highest BCUT2D eigenvalue weighted by Crippen LogP contribution is 2.17. The Kier molecular flexibility index (Phi) is 2.00. The van der Waals surface area contributed by atoms with E-state index in [9.17, 15) is 4.39 Å². The summed E-state index contributed by atoms with van der Waals surface area (Å²) >= 11 is 0. The second kappa shape index (κ2) is 3.17. The number of aromatic amines is 1. The second-order valence-electron chi connectivity index (χ2n) is 3.15. The van der Waals surface area contributed by atoms with E-state index in [0.29, 0.717) is 0 Å². The molecule has 1 aromatic heterocycles. The molecule has 0 bridgehead atoms. The van der Waals surface area contributed by atoms with Gasteiger partial charge in [-0.05, 0) is 24.1 Å². The van der Waals surface area contributed by atoms with Gasteiger partial charge in [0.05, 0.1) is 11.7 Å². The highest BCUT2D eigenvalue weighted by molar-refractivity contribution is 5.78. The lowest BCUT2D eigenvalue weighted by Gasteiger charge is -2.00. The summed E-state index contributed by atoms with van der Waals surface area (Å²) in [4.78, 5) is 0. The molecular weight excluding hydrogens is 167 g/mol. The Balaban J connectivity index is 2.56. The quantitative estimate of drug-likeness (QED) is 0.752. The van der Waals surface area contributed by atoms with E-state index in [1.165, 1.54) is 6.07 Å². The van der Waals surface area contributed by atoms with Crippen LogP contribution in [-0.2, 0) is 6.42 Å². The Labute approximate surface area is 75.8 Å². The lowest BCUT2D eigenvalue weighted by molar-refractivity contribution is 0.609. The summed E-state index contributed by atoms with van der Waals surface area (Å²) in [5, 5.41) is 7.51. The van der Waals surface area contributed by atoms with Crippen LogP contribution in [0, 0.1) is 5.82 Å². The Bertz CT molecular complexity index is 420. The Morgan fingerprint density at radius 2 is 2.31 bits per heavy atom. The van der Waals surface area contributed by atoms with Crippen LogP contribution >= 0.6 is 0 Å². The summed E-state index contributed by atoms with van der Waals surface area (Å²) in [5.41, 5.74) is 1.67. The number of fused-ring (bicyclic) bond motifs is 1. The molecule has 1 N–H and O–H groups in total. The largest absolute Gasteiger partial charge is 0.278 e. The van der Waals surface area contributed by atoms with Gasteiger partial charge in [0.2, 0.25) is 0 Å². The minimum absolute atomic E-state index is 0.129. The lowest BCUT2D eigenvalue weighted by Crippen LogP contribution is -1.89. The molecule has 0 amide bonds. The molecule has 0 saturated carbocycles. The molecule has 0 spiro atoms. The number of H-pyrrole nitrogens is 1. The molecular formula is C10H11FN2. The van der Waals surface area contributed by atoms with Crippen LogP contribution in [0.4, 0.5) is 4.39 Å². The van der Waals surface area contributed by atoms with Gasteiger partial charge in [-0.25, -0.2) is 4.39 Å². The van der Waals surface area contributed by atoms with Crippen molar-refractivity contribution in [2.24, 2.45) is 0 Å². The minimum Gasteiger partial charge on any atom is -0.278 e. The van der Waals surface area contributed by atoms with E-state index in [2.05, 4.69) is 10.2 Å². The number of hydrogen-bond donors (Lipinski definition) is 1. The first kappa shape index (κ1) is 8.23. The summed E-state index contributed by atoms with van der Waals surface area (Å²) < 4.78 is 13.3. The van der Waals surface area contributed by atoms with E-state index in [1.807, 2.05) is 13.0 Å². The summed E-state index contributed by atoms with van der Waals surface area (Å²) in [7, 11) is 0. The van der Waals surface area contributed by atoms with Gasteiger partial charge in [0.1, 0.15) is 5.82 Å². The van der Waals surface area contributed by atoms with E-state index in [1.54, 1.807) is 6.20 Å². The van der Waals surface area contributed by atoms with Crippen LogP contribution in [-0.4, -0.2) is 10.2 Å². The molecule has 0 unspecified atom stereocenters. The first-order valence-corrected chi connectivity index (χ1v) is 4.42. The van der Waals surface area contributed by atoms with E-state index < -0.39 is 0 Å². The fourth-order valence-corrected chi connectivity index (χ4v) is 1.47. The van der Waals surface area contributed by atoms with E-state index in [-0.39, 0.29) is 5.82 Å². The second-order valence-corrected chi connectivity index (χ2v) is 3.15. The Hall–Kier alpha value is -1.38. The highest BCUT2D eigenvalue weighted by Gasteiger charge is 2.04. The van der Waals surface area contributed by atoms with Crippen molar-refractivity contribution in [1.29, 1.82) is 0 Å². The van der Waals surface area contributed by atoms with Gasteiger partial charge < -0.3 is 0 Å². The van der Waals surface area contributed by atoms with Crippen LogP contribution in [0.5, 0.6) is 0 Å². The smallest absolute Gasteiger partial charge is 0.127 e. The third-order valence-electron chi connectivity index (χ3n) is 2.13. The Morgan fingerprint density at radius 3 is 3.08 bits per heavy atom. The van der Waals surface area contributed by atoms with Crippen molar-refractivity contribution in [2.45, 2.75) is 19.8 Å². The van der Waals surface area contributed by atoms with Crippen LogP contribution in [0.1, 0.15) is 18.9 Å². The van der Waals surface area contributed by atoms with E-state index >= 15 is 0 Å². The van der Waals surface area contributed by atoms with Crippen LogP contribution in [0.3, 0.4) is 0 Å². The lowest BCUT2D eigenvalue weighted by atomic mass is 10.1. The van der Waals surface area contributed by atoms with Crippen LogP contribution < -0.4 is 0 Å². The predicted octanol–water partition coefficient (Wildman–Crippen LogP) is 2.65. The monoisotopic (exact) mass is 178 g/mol. The number of aromatic nitrogens is 2. The number of rotatable bonds is 2. The number of nitrogens with one attached hydrogen (secondary N) is 1. The van der Waals surface area contributed by atoms with Gasteiger partial charge in [0.25, 0.3) is 0 Å². The average molecular weight is 178 g/mol. The maximum Gasteiger partial charge on any atom is 0.127 e. The summed E-state index contributed by atoms with van der Waals surface area (Å²) in [6.07, 6.45) is 3.37. The third-order valence-corrected chi connectivity index (χ3v) is 2.13. The molecule has 0 aliphatic heterocycles. The van der Waals surface area contributed by atoms with Crippen molar-refractivity contribution in [3.63, 3.8) is 0 Å². The number of halogens is 1. The molecule has 0 aliphatic carbocycles. The van der Waals surface area contributed by atoms with E-state index in [0.717, 1.165) is 29.3 Å². The summed E-state index contributed by atoms with van der Waals surface area (Å²) in [5.74, 6) is -0.129. The molecule has 3 heteroatoms. The minimum atomic E-state index is -0.129. The van der Waals surface area contributed by atoms with Crippen molar-refractivity contribution in [3.05, 3.63) is 29.7 Å². The molecule has 1 aromatic carbocycles. The molecule has 13 heavy (non-hydrogen) atoms. The van der Waals surface area contributed by atoms with Crippen molar-refractivity contribution >= 4 is 10.9 Å². The summed E-state index contributed by atoms with van der Waals surface area (Å²) in [6, 6.07) is 3.37. The molecule has 0 aliphatic rings. The van der Waals surface area contributed by atoms with Crippen molar-refractivity contribution in [2.75, 3.05) is 0 Å². The molecule has 0 saturated heterocycles. The van der Waals surface area contributed by atoms with Crippen LogP contribution in [0.15, 0.2) is 18.3 Å². The molecule has 0 atom stereocenters. The zero-order chi connectivity index (χ0) is 9.26. The molecule has 1 heterocycles. The van der Waals surface area contributed by atoms with Crippen molar-refractivity contribution < 1.29 is 4.39 Å². The van der Waals surface area contributed by atoms with Gasteiger partial charge in [0.15, 0.2) is 0 Å². The summed E-state index contributed by atoms with van der Waals surface area (Å²) in [6.45, 7) is 2.04. The first-order chi connectivity index (χ1) is 6.31. The normalized spacial score (nSPS) is 10.9. The fraction of sp³-hybridized carbons (Fsp3) is 0.300. The van der Waals surface area contributed by atoms with Gasteiger partial charge in [-0.2, -0.15) is 5.10 Å². The van der Waals surface area contributed by atoms with Gasteiger partial charge >= 0.3 is 0 Å². The third kappa shape index (κ3) is 1.41. The number of nitrogens with zero attached hydrogens (tertiary/aromatic N) is 1. The van der Waals surface area contributed by atoms with Crippen molar-refractivity contribution in [3.8, 4) is 0 Å². The molecule has 0 radical (unpaired) electrons. The zero-order valence-electron chi connectivity index (χ0n) is 7.47. The molecule has 2 aromatic rings. The number of benzene rings is 1. The standard InChI is InChI=1S/C10H11FN2/c1-2-3-7-5-10-8(4-9(7)11)6-12-13-10/h4-6H,2-3H2,1H3,(H,12,13). The maximum absolute atomic E-state index is 13.3. The highest BCUT2D eigenvalue weighted by atomic mass is 19.1. The number of hydrogen-bond acceptors (Lipinski definition) is 1. The fourth-order valence-electron chi connectivity index (χ4n) is 1.47. The average Bonchev–Trinajstić information content (AvgIpc) is 2.52. The number of aryl methyl sites for hydroxylation is 1. The van der Waals surface area contributed by atoms with Gasteiger partial charge in [-0.3, -0.25) is 5.10 Å². The van der Waals surface area contributed by atoms with Crippen LogP contribution in [0.25, 0.3) is 10.9 Å². The van der Waals surface area contributed by atoms with E-state index in [4.69, 9.17) is 0 Å². The molecule has 2 nitrogen and oxygen atoms in total. The van der Waals surface area contributed by atoms with Gasteiger partial charge in [0, 0.05) is 5.39 Å². The molecule has 2 rings (SSSR count). The van der Waals surface area contributed by atoms with Gasteiger partial charge in [-0.1, -0.05) is 13.3 Å². The maximum atomic E-state index is 13.3. The molecule has 0 fully saturated rings. The first-order valence-electron chi connectivity index (χ1n) is 4.42. The molecule has 68 valence electrons. The van der Waals surface area contributed by atoms with Crippen molar-refractivity contribution in [1.82, 2.24) is 10.2 Å².